The Morgan fingerprint density at radius 1 is 1.00 bits per heavy atom. The number of aryl methyl sites for hydroxylation is 1. The van der Waals surface area contributed by atoms with Crippen LogP contribution in [0.3, 0.4) is 0 Å². The predicted octanol–water partition coefficient (Wildman–Crippen LogP) is 1.65. The topological polar surface area (TPSA) is 118 Å². The first-order valence-electron chi connectivity index (χ1n) is 9.73. The number of rotatable bonds is 11. The van der Waals surface area contributed by atoms with Gasteiger partial charge >= 0.3 is 0 Å². The van der Waals surface area contributed by atoms with E-state index in [2.05, 4.69) is 6.92 Å². The second-order valence-corrected chi connectivity index (χ2v) is 9.29. The van der Waals surface area contributed by atoms with Crippen molar-refractivity contribution in [2.45, 2.75) is 63.1 Å². The molecule has 0 aliphatic heterocycles. The minimum atomic E-state index is -4.27. The third-order valence-corrected chi connectivity index (χ3v) is 5.17. The van der Waals surface area contributed by atoms with Crippen molar-refractivity contribution in [3.63, 3.8) is 0 Å². The lowest BCUT2D eigenvalue weighted by Gasteiger charge is -2.33. The lowest BCUT2D eigenvalue weighted by Crippen LogP contribution is -2.50. The third kappa shape index (κ3) is 13.2. The van der Waals surface area contributed by atoms with Gasteiger partial charge < -0.3 is 24.4 Å². The van der Waals surface area contributed by atoms with Gasteiger partial charge in [-0.25, -0.2) is 8.42 Å². The molecule has 0 aliphatic carbocycles. The molecule has 1 aromatic rings. The number of quaternary nitrogens is 1. The van der Waals surface area contributed by atoms with E-state index in [4.69, 9.17) is 5.11 Å². The van der Waals surface area contributed by atoms with Crippen LogP contribution in [-0.2, 0) is 10.1 Å². The predicted molar refractivity (Wildman–Crippen MR) is 109 cm³/mol. The van der Waals surface area contributed by atoms with Crippen LogP contribution >= 0.6 is 0 Å². The molecule has 0 amide bonds. The van der Waals surface area contributed by atoms with Crippen molar-refractivity contribution in [3.8, 4) is 0 Å². The molecule has 8 heteroatoms. The van der Waals surface area contributed by atoms with E-state index in [-0.39, 0.29) is 17.6 Å². The molecular formula is C20H37NO6S. The van der Waals surface area contributed by atoms with Crippen molar-refractivity contribution in [3.05, 3.63) is 29.8 Å². The summed E-state index contributed by atoms with van der Waals surface area (Å²) in [5.41, 5.74) is 0.928. The van der Waals surface area contributed by atoms with Gasteiger partial charge in [-0.05, 0) is 25.5 Å². The number of hydrogen-bond acceptors (Lipinski definition) is 6. The number of likely N-dealkylation sites (N-methyl/N-ethyl adjacent to an activating group) is 1. The van der Waals surface area contributed by atoms with Crippen molar-refractivity contribution in [2.24, 2.45) is 0 Å². The molecule has 0 saturated heterocycles. The standard InChI is InChI=1S/C13H30NO3.C7H8O3S/c1-4-5-6-7-8-12(16)9-14(2,3)10-13(17)11-15;1-6-2-4-7(5-3-6)11(8,9)10/h12-13,15-17H,4-11H2,1-3H3;2-5H,1H3,(H,8,9,10)/q+1;/p-1. The summed E-state index contributed by atoms with van der Waals surface area (Å²) in [6.07, 6.45) is 4.51. The molecule has 3 N–H and O–H groups in total. The second-order valence-electron chi connectivity index (χ2n) is 7.91. The normalized spacial score (nSPS) is 14.1. The molecule has 0 aliphatic rings. The highest BCUT2D eigenvalue weighted by atomic mass is 32.2. The third-order valence-electron chi connectivity index (χ3n) is 4.32. The van der Waals surface area contributed by atoms with Crippen molar-refractivity contribution in [1.82, 2.24) is 0 Å². The second kappa shape index (κ2) is 13.2. The summed E-state index contributed by atoms with van der Waals surface area (Å²) in [5, 5.41) is 28.1. The summed E-state index contributed by atoms with van der Waals surface area (Å²) in [6, 6.07) is 5.78. The molecule has 0 aromatic heterocycles. The molecule has 164 valence electrons. The summed E-state index contributed by atoms with van der Waals surface area (Å²) < 4.78 is 31.7. The highest BCUT2D eigenvalue weighted by Crippen LogP contribution is 2.10. The van der Waals surface area contributed by atoms with E-state index in [1.54, 1.807) is 12.1 Å². The maximum Gasteiger partial charge on any atom is 0.126 e. The van der Waals surface area contributed by atoms with Crippen LogP contribution in [0, 0.1) is 6.92 Å². The summed E-state index contributed by atoms with van der Waals surface area (Å²) in [7, 11) is -0.337. The number of aliphatic hydroxyl groups excluding tert-OH is 3. The van der Waals surface area contributed by atoms with E-state index in [9.17, 15) is 23.2 Å². The highest BCUT2D eigenvalue weighted by Gasteiger charge is 2.23. The van der Waals surface area contributed by atoms with Gasteiger partial charge in [0.1, 0.15) is 35.4 Å². The molecule has 0 heterocycles. The van der Waals surface area contributed by atoms with Gasteiger partial charge in [0.25, 0.3) is 0 Å². The summed E-state index contributed by atoms with van der Waals surface area (Å²) in [4.78, 5) is -0.178. The molecule has 1 aromatic carbocycles. The van der Waals surface area contributed by atoms with E-state index >= 15 is 0 Å². The Bertz CT molecular complexity index is 631. The molecule has 2 unspecified atom stereocenters. The molecule has 2 atom stereocenters. The molecular weight excluding hydrogens is 382 g/mol. The van der Waals surface area contributed by atoms with Crippen molar-refractivity contribution >= 4 is 10.1 Å². The molecule has 0 saturated carbocycles. The number of unbranched alkanes of at least 4 members (excludes halogenated alkanes) is 3. The lowest BCUT2D eigenvalue weighted by molar-refractivity contribution is -0.896. The number of aliphatic hydroxyl groups is 3. The van der Waals surface area contributed by atoms with E-state index in [0.29, 0.717) is 17.6 Å². The first-order valence-corrected chi connectivity index (χ1v) is 11.1. The first-order chi connectivity index (χ1) is 12.9. The van der Waals surface area contributed by atoms with Gasteiger partial charge in [0, 0.05) is 0 Å². The van der Waals surface area contributed by atoms with E-state index in [1.807, 2.05) is 21.0 Å². The first kappa shape index (κ1) is 27.0. The Kier molecular flexibility index (Phi) is 12.8. The number of nitrogens with zero attached hydrogens (tertiary/aromatic N) is 1. The smallest absolute Gasteiger partial charge is 0.126 e. The van der Waals surface area contributed by atoms with Crippen molar-refractivity contribution < 1.29 is 32.8 Å². The maximum absolute atomic E-state index is 10.4. The van der Waals surface area contributed by atoms with Gasteiger partial charge in [-0.3, -0.25) is 0 Å². The minimum absolute atomic E-state index is 0.178. The zero-order chi connectivity index (χ0) is 21.8. The average Bonchev–Trinajstić information content (AvgIpc) is 2.58. The fourth-order valence-corrected chi connectivity index (χ4v) is 3.35. The van der Waals surface area contributed by atoms with E-state index in [1.165, 1.54) is 31.4 Å². The van der Waals surface area contributed by atoms with Crippen LogP contribution in [0.4, 0.5) is 0 Å². The van der Waals surface area contributed by atoms with Crippen LogP contribution in [0.25, 0.3) is 0 Å². The molecule has 0 fully saturated rings. The van der Waals surface area contributed by atoms with Gasteiger partial charge in [-0.2, -0.15) is 0 Å². The fraction of sp³-hybridized carbons (Fsp3) is 0.700. The van der Waals surface area contributed by atoms with Gasteiger partial charge in [-0.15, -0.1) is 0 Å². The average molecular weight is 420 g/mol. The molecule has 0 bridgehead atoms. The summed E-state index contributed by atoms with van der Waals surface area (Å²) in [5.74, 6) is 0. The fourth-order valence-electron chi connectivity index (χ4n) is 2.88. The zero-order valence-electron chi connectivity index (χ0n) is 17.5. The van der Waals surface area contributed by atoms with Gasteiger partial charge in [0.2, 0.25) is 0 Å². The van der Waals surface area contributed by atoms with Crippen LogP contribution < -0.4 is 0 Å². The Hall–Kier alpha value is -1.03. The van der Waals surface area contributed by atoms with Gasteiger partial charge in [0.05, 0.1) is 25.6 Å². The monoisotopic (exact) mass is 419 g/mol. The largest absolute Gasteiger partial charge is 0.744 e. The summed E-state index contributed by atoms with van der Waals surface area (Å²) >= 11 is 0. The Morgan fingerprint density at radius 3 is 2.00 bits per heavy atom. The van der Waals surface area contributed by atoms with Crippen LogP contribution in [0.15, 0.2) is 29.2 Å². The Labute approximate surface area is 170 Å². The van der Waals surface area contributed by atoms with E-state index in [0.717, 1.165) is 18.4 Å². The van der Waals surface area contributed by atoms with Crippen molar-refractivity contribution in [1.29, 1.82) is 0 Å². The van der Waals surface area contributed by atoms with Crippen molar-refractivity contribution in [2.75, 3.05) is 33.8 Å². The highest BCUT2D eigenvalue weighted by molar-refractivity contribution is 7.85. The van der Waals surface area contributed by atoms with Gasteiger partial charge in [0.15, 0.2) is 0 Å². The van der Waals surface area contributed by atoms with Crippen LogP contribution in [-0.4, -0.2) is 78.8 Å². The lowest BCUT2D eigenvalue weighted by atomic mass is 10.1. The Morgan fingerprint density at radius 2 is 1.54 bits per heavy atom. The SMILES string of the molecule is CCCCCCC(O)C[N+](C)(C)CC(O)CO.Cc1ccc(S(=O)(=O)[O-])cc1. The van der Waals surface area contributed by atoms with E-state index < -0.39 is 16.2 Å². The zero-order valence-corrected chi connectivity index (χ0v) is 18.4. The van der Waals surface area contributed by atoms with Gasteiger partial charge in [-0.1, -0.05) is 50.3 Å². The quantitative estimate of drug-likeness (QED) is 0.285. The summed E-state index contributed by atoms with van der Waals surface area (Å²) in [6.45, 7) is 4.88. The van der Waals surface area contributed by atoms with Crippen LogP contribution in [0.1, 0.15) is 44.6 Å². The maximum atomic E-state index is 10.4. The molecule has 28 heavy (non-hydrogen) atoms. The van der Waals surface area contributed by atoms with Crippen LogP contribution in [0.5, 0.6) is 0 Å². The number of benzene rings is 1. The molecule has 1 rings (SSSR count). The van der Waals surface area contributed by atoms with Crippen LogP contribution in [0.2, 0.25) is 0 Å². The molecule has 7 nitrogen and oxygen atoms in total. The minimum Gasteiger partial charge on any atom is -0.744 e. The number of hydrogen-bond donors (Lipinski definition) is 3. The molecule has 0 spiro atoms. The Balaban J connectivity index is 0.000000567. The molecule has 0 radical (unpaired) electrons.